The van der Waals surface area contributed by atoms with Crippen molar-refractivity contribution in [1.29, 1.82) is 0 Å². The van der Waals surface area contributed by atoms with Crippen molar-refractivity contribution in [1.82, 2.24) is 9.21 Å². The van der Waals surface area contributed by atoms with Crippen molar-refractivity contribution in [2.75, 3.05) is 26.2 Å². The highest BCUT2D eigenvalue weighted by Gasteiger charge is 2.30. The number of benzene rings is 1. The van der Waals surface area contributed by atoms with Gasteiger partial charge < -0.3 is 4.90 Å². The van der Waals surface area contributed by atoms with Gasteiger partial charge in [0.25, 0.3) is 15.7 Å². The van der Waals surface area contributed by atoms with Crippen LogP contribution in [-0.2, 0) is 14.8 Å². The predicted molar refractivity (Wildman–Crippen MR) is 107 cm³/mol. The molecule has 28 heavy (non-hydrogen) atoms. The van der Waals surface area contributed by atoms with Crippen LogP contribution >= 0.6 is 22.9 Å². The fraction of sp³-hybridized carbons (Fsp3) is 0.235. The first kappa shape index (κ1) is 20.5. The van der Waals surface area contributed by atoms with Crippen LogP contribution in [0.25, 0.3) is 6.08 Å². The molecule has 0 N–H and O–H groups in total. The van der Waals surface area contributed by atoms with Crippen molar-refractivity contribution < 1.29 is 18.1 Å². The maximum absolute atomic E-state index is 12.6. The van der Waals surface area contributed by atoms with Gasteiger partial charge in [0.05, 0.1) is 9.26 Å². The molecule has 148 valence electrons. The van der Waals surface area contributed by atoms with E-state index in [1.165, 1.54) is 28.6 Å². The number of halogens is 1. The summed E-state index contributed by atoms with van der Waals surface area (Å²) in [5, 5.41) is 10.6. The first-order chi connectivity index (χ1) is 13.3. The largest absolute Gasteiger partial charge is 0.337 e. The van der Waals surface area contributed by atoms with Gasteiger partial charge in [-0.05, 0) is 35.9 Å². The zero-order chi connectivity index (χ0) is 20.3. The van der Waals surface area contributed by atoms with Gasteiger partial charge in [-0.1, -0.05) is 11.6 Å². The minimum absolute atomic E-state index is 0.0205. The Morgan fingerprint density at radius 1 is 1.11 bits per heavy atom. The molecule has 0 unspecified atom stereocenters. The molecule has 1 aromatic heterocycles. The summed E-state index contributed by atoms with van der Waals surface area (Å²) in [5.74, 6) is -0.241. The molecule has 0 atom stereocenters. The molecule has 1 aliphatic heterocycles. The summed E-state index contributed by atoms with van der Waals surface area (Å²) >= 11 is 6.83. The lowest BCUT2D eigenvalue weighted by atomic mass is 10.2. The fourth-order valence-electron chi connectivity index (χ4n) is 2.69. The van der Waals surface area contributed by atoms with Crippen LogP contribution < -0.4 is 0 Å². The average molecular weight is 442 g/mol. The molecule has 1 saturated heterocycles. The number of carbonyl (C=O) groups excluding carboxylic acids is 1. The maximum atomic E-state index is 12.6. The van der Waals surface area contributed by atoms with Gasteiger partial charge >= 0.3 is 0 Å². The SMILES string of the molecule is O=C(C=Cc1ccc([N+](=O)[O-])cc1)N1CCN(S(=O)(=O)c2ccc(Cl)s2)CC1. The Hall–Kier alpha value is -2.27. The molecule has 0 spiro atoms. The number of rotatable bonds is 5. The van der Waals surface area contributed by atoms with E-state index >= 15 is 0 Å². The van der Waals surface area contributed by atoms with Gasteiger partial charge in [0.2, 0.25) is 5.91 Å². The zero-order valence-corrected chi connectivity index (χ0v) is 16.9. The molecule has 0 bridgehead atoms. The molecule has 0 saturated carbocycles. The van der Waals surface area contributed by atoms with E-state index in [1.807, 2.05) is 0 Å². The van der Waals surface area contributed by atoms with E-state index < -0.39 is 14.9 Å². The van der Waals surface area contributed by atoms with E-state index in [2.05, 4.69) is 0 Å². The summed E-state index contributed by atoms with van der Waals surface area (Å²) in [4.78, 5) is 24.0. The van der Waals surface area contributed by atoms with E-state index in [1.54, 1.807) is 29.2 Å². The summed E-state index contributed by atoms with van der Waals surface area (Å²) < 4.78 is 27.1. The van der Waals surface area contributed by atoms with Gasteiger partial charge in [-0.15, -0.1) is 11.3 Å². The Kier molecular flexibility index (Phi) is 6.14. The smallest absolute Gasteiger partial charge is 0.269 e. The van der Waals surface area contributed by atoms with Crippen LogP contribution in [0, 0.1) is 10.1 Å². The van der Waals surface area contributed by atoms with E-state index in [-0.39, 0.29) is 42.0 Å². The number of amides is 1. The average Bonchev–Trinajstić information content (AvgIpc) is 3.13. The molecule has 1 aliphatic rings. The van der Waals surface area contributed by atoms with E-state index in [0.29, 0.717) is 9.90 Å². The number of sulfonamides is 1. The number of non-ortho nitro benzene ring substituents is 1. The Balaban J connectivity index is 1.58. The summed E-state index contributed by atoms with van der Waals surface area (Å²) in [5.41, 5.74) is 0.641. The second-order valence-corrected chi connectivity index (χ2v) is 9.85. The van der Waals surface area contributed by atoms with Crippen molar-refractivity contribution in [3.8, 4) is 0 Å². The molecular formula is C17H16ClN3O5S2. The van der Waals surface area contributed by atoms with E-state index in [4.69, 9.17) is 11.6 Å². The fourth-order valence-corrected chi connectivity index (χ4v) is 5.75. The third-order valence-corrected chi connectivity index (χ3v) is 7.81. The minimum Gasteiger partial charge on any atom is -0.337 e. The lowest BCUT2D eigenvalue weighted by Gasteiger charge is -2.33. The van der Waals surface area contributed by atoms with E-state index in [9.17, 15) is 23.3 Å². The molecule has 11 heteroatoms. The van der Waals surface area contributed by atoms with Crippen LogP contribution in [0.5, 0.6) is 0 Å². The Morgan fingerprint density at radius 2 is 1.75 bits per heavy atom. The normalized spacial score (nSPS) is 15.8. The van der Waals surface area contributed by atoms with Crippen molar-refractivity contribution >= 4 is 50.6 Å². The van der Waals surface area contributed by atoms with Gasteiger partial charge in [-0.2, -0.15) is 4.31 Å². The molecule has 1 fully saturated rings. The number of nitro groups is 1. The van der Waals surface area contributed by atoms with Crippen molar-refractivity contribution in [3.05, 3.63) is 62.5 Å². The highest BCUT2D eigenvalue weighted by atomic mass is 35.5. The monoisotopic (exact) mass is 441 g/mol. The van der Waals surface area contributed by atoms with Crippen LogP contribution in [0.4, 0.5) is 5.69 Å². The number of piperazine rings is 1. The molecular weight excluding hydrogens is 426 g/mol. The molecule has 1 amide bonds. The topological polar surface area (TPSA) is 101 Å². The summed E-state index contributed by atoms with van der Waals surface area (Å²) in [6.07, 6.45) is 2.95. The number of nitro benzene ring substituents is 1. The summed E-state index contributed by atoms with van der Waals surface area (Å²) in [7, 11) is -3.60. The second-order valence-electron chi connectivity index (χ2n) is 5.97. The molecule has 2 heterocycles. The van der Waals surface area contributed by atoms with Crippen molar-refractivity contribution in [2.45, 2.75) is 4.21 Å². The lowest BCUT2D eigenvalue weighted by Crippen LogP contribution is -2.50. The predicted octanol–water partition coefficient (Wildman–Crippen LogP) is 2.86. The quantitative estimate of drug-likeness (QED) is 0.403. The molecule has 2 aromatic rings. The summed E-state index contributed by atoms with van der Waals surface area (Å²) in [6.45, 7) is 0.966. The number of hydrogen-bond acceptors (Lipinski definition) is 6. The Labute approximate surface area is 170 Å². The molecule has 0 aliphatic carbocycles. The van der Waals surface area contributed by atoms with Crippen molar-refractivity contribution in [3.63, 3.8) is 0 Å². The molecule has 0 radical (unpaired) electrons. The molecule has 1 aromatic carbocycles. The maximum Gasteiger partial charge on any atom is 0.269 e. The van der Waals surface area contributed by atoms with Gasteiger partial charge in [-0.25, -0.2) is 8.42 Å². The number of carbonyl (C=O) groups is 1. The van der Waals surface area contributed by atoms with Crippen LogP contribution in [0.3, 0.4) is 0 Å². The van der Waals surface area contributed by atoms with Crippen LogP contribution in [-0.4, -0.2) is 54.6 Å². The Bertz CT molecular complexity index is 1010. The first-order valence-corrected chi connectivity index (χ1v) is 10.9. The standard InChI is InChI=1S/C17H16ClN3O5S2/c18-15-6-8-17(27-15)28(25,26)20-11-9-19(10-12-20)16(22)7-3-13-1-4-14(5-2-13)21(23)24/h1-8H,9-12H2. The molecule has 3 rings (SSSR count). The van der Waals surface area contributed by atoms with Crippen LogP contribution in [0.15, 0.2) is 46.7 Å². The third kappa shape index (κ3) is 4.58. The highest BCUT2D eigenvalue weighted by molar-refractivity contribution is 7.91. The minimum atomic E-state index is -3.60. The van der Waals surface area contributed by atoms with E-state index in [0.717, 1.165) is 11.3 Å². The highest BCUT2D eigenvalue weighted by Crippen LogP contribution is 2.28. The summed E-state index contributed by atoms with van der Waals surface area (Å²) in [6, 6.07) is 8.86. The first-order valence-electron chi connectivity index (χ1n) is 8.24. The second kappa shape index (κ2) is 8.39. The van der Waals surface area contributed by atoms with Crippen LogP contribution in [0.1, 0.15) is 5.56 Å². The number of hydrogen-bond donors (Lipinski definition) is 0. The third-order valence-electron chi connectivity index (χ3n) is 4.22. The van der Waals surface area contributed by atoms with Gasteiger partial charge in [0, 0.05) is 44.4 Å². The van der Waals surface area contributed by atoms with Gasteiger partial charge in [0.1, 0.15) is 4.21 Å². The lowest BCUT2D eigenvalue weighted by molar-refractivity contribution is -0.384. The number of nitrogens with zero attached hydrogens (tertiary/aromatic N) is 3. The Morgan fingerprint density at radius 3 is 2.29 bits per heavy atom. The zero-order valence-electron chi connectivity index (χ0n) is 14.5. The van der Waals surface area contributed by atoms with Gasteiger partial charge in [-0.3, -0.25) is 14.9 Å². The van der Waals surface area contributed by atoms with Gasteiger partial charge in [0.15, 0.2) is 0 Å². The molecule has 8 nitrogen and oxygen atoms in total. The van der Waals surface area contributed by atoms with Crippen molar-refractivity contribution in [2.24, 2.45) is 0 Å². The number of thiophene rings is 1. The van der Waals surface area contributed by atoms with Crippen LogP contribution in [0.2, 0.25) is 4.34 Å².